The highest BCUT2D eigenvalue weighted by atomic mass is 32.1. The predicted octanol–water partition coefficient (Wildman–Crippen LogP) is 2.56. The molecule has 0 bridgehead atoms. The zero-order valence-corrected chi connectivity index (χ0v) is 15.6. The SMILES string of the molecule is CC(=O)Nc1nc(C(=O)N2CCCC(CO)(Cc3ccccc3)C2)cs1. The van der Waals surface area contributed by atoms with Gasteiger partial charge in [0.25, 0.3) is 5.91 Å². The van der Waals surface area contributed by atoms with E-state index >= 15 is 0 Å². The summed E-state index contributed by atoms with van der Waals surface area (Å²) in [6.45, 7) is 2.61. The van der Waals surface area contributed by atoms with E-state index in [0.717, 1.165) is 24.8 Å². The molecule has 1 aliphatic rings. The quantitative estimate of drug-likeness (QED) is 0.844. The van der Waals surface area contributed by atoms with Gasteiger partial charge in [-0.05, 0) is 24.8 Å². The Kier molecular flexibility index (Phi) is 5.68. The van der Waals surface area contributed by atoms with Crippen molar-refractivity contribution in [3.8, 4) is 0 Å². The van der Waals surface area contributed by atoms with Crippen molar-refractivity contribution < 1.29 is 14.7 Å². The third-order valence-corrected chi connectivity index (χ3v) is 5.47. The van der Waals surface area contributed by atoms with Gasteiger partial charge in [0.05, 0.1) is 6.61 Å². The number of benzene rings is 1. The first kappa shape index (κ1) is 18.5. The maximum atomic E-state index is 12.8. The number of amides is 2. The minimum Gasteiger partial charge on any atom is -0.396 e. The highest BCUT2D eigenvalue weighted by molar-refractivity contribution is 7.14. The number of rotatable bonds is 5. The molecule has 2 amide bonds. The molecule has 3 rings (SSSR count). The van der Waals surface area contributed by atoms with Gasteiger partial charge >= 0.3 is 0 Å². The van der Waals surface area contributed by atoms with Crippen LogP contribution in [0.2, 0.25) is 0 Å². The summed E-state index contributed by atoms with van der Waals surface area (Å²) in [5.74, 6) is -0.359. The Labute approximate surface area is 156 Å². The molecule has 0 spiro atoms. The Balaban J connectivity index is 1.73. The van der Waals surface area contributed by atoms with Gasteiger partial charge in [-0.2, -0.15) is 0 Å². The fourth-order valence-electron chi connectivity index (χ4n) is 3.48. The van der Waals surface area contributed by atoms with Gasteiger partial charge in [-0.15, -0.1) is 11.3 Å². The zero-order chi connectivity index (χ0) is 18.6. The third kappa shape index (κ3) is 4.28. The Hall–Kier alpha value is -2.25. The number of hydrogen-bond acceptors (Lipinski definition) is 5. The van der Waals surface area contributed by atoms with Gasteiger partial charge < -0.3 is 15.3 Å². The molecule has 0 aliphatic carbocycles. The molecule has 1 aromatic carbocycles. The number of piperidine rings is 1. The number of aromatic nitrogens is 1. The van der Waals surface area contributed by atoms with E-state index in [9.17, 15) is 14.7 Å². The van der Waals surface area contributed by atoms with Gasteiger partial charge in [-0.3, -0.25) is 9.59 Å². The van der Waals surface area contributed by atoms with Gasteiger partial charge in [-0.1, -0.05) is 30.3 Å². The minimum atomic E-state index is -0.328. The number of carbonyl (C=O) groups excluding carboxylic acids is 2. The highest BCUT2D eigenvalue weighted by Gasteiger charge is 2.37. The van der Waals surface area contributed by atoms with Crippen LogP contribution in [-0.4, -0.2) is 46.5 Å². The fraction of sp³-hybridized carbons (Fsp3) is 0.421. The first-order valence-corrected chi connectivity index (χ1v) is 9.56. The number of aliphatic hydroxyl groups excluding tert-OH is 1. The average molecular weight is 373 g/mol. The van der Waals surface area contributed by atoms with Crippen LogP contribution in [0.25, 0.3) is 0 Å². The monoisotopic (exact) mass is 373 g/mol. The van der Waals surface area contributed by atoms with Gasteiger partial charge in [0, 0.05) is 30.8 Å². The smallest absolute Gasteiger partial charge is 0.273 e. The van der Waals surface area contributed by atoms with E-state index in [0.29, 0.717) is 23.9 Å². The van der Waals surface area contributed by atoms with Crippen LogP contribution in [0.1, 0.15) is 35.8 Å². The summed E-state index contributed by atoms with van der Waals surface area (Å²) >= 11 is 1.24. The molecular formula is C19H23N3O3S. The summed E-state index contributed by atoms with van der Waals surface area (Å²) < 4.78 is 0. The van der Waals surface area contributed by atoms with Crippen molar-refractivity contribution in [3.63, 3.8) is 0 Å². The molecule has 2 aromatic rings. The largest absolute Gasteiger partial charge is 0.396 e. The van der Waals surface area contributed by atoms with E-state index in [1.165, 1.54) is 18.3 Å². The number of nitrogens with zero attached hydrogens (tertiary/aromatic N) is 2. The van der Waals surface area contributed by atoms with Crippen LogP contribution in [0, 0.1) is 5.41 Å². The van der Waals surface area contributed by atoms with Crippen LogP contribution in [0.4, 0.5) is 5.13 Å². The van der Waals surface area contributed by atoms with Gasteiger partial charge in [0.15, 0.2) is 5.13 Å². The summed E-state index contributed by atoms with van der Waals surface area (Å²) in [6, 6.07) is 10.1. The van der Waals surface area contributed by atoms with Crippen molar-refractivity contribution in [1.82, 2.24) is 9.88 Å². The summed E-state index contributed by atoms with van der Waals surface area (Å²) in [4.78, 5) is 29.9. The number of anilines is 1. The Bertz CT molecular complexity index is 777. The molecule has 26 heavy (non-hydrogen) atoms. The summed E-state index contributed by atoms with van der Waals surface area (Å²) in [7, 11) is 0. The highest BCUT2D eigenvalue weighted by Crippen LogP contribution is 2.34. The lowest BCUT2D eigenvalue weighted by molar-refractivity contribution is -0.114. The topological polar surface area (TPSA) is 82.5 Å². The maximum absolute atomic E-state index is 12.8. The summed E-state index contributed by atoms with van der Waals surface area (Å²) in [6.07, 6.45) is 2.47. The standard InChI is InChI=1S/C19H23N3O3S/c1-14(24)20-18-21-16(11-26-18)17(25)22-9-5-8-19(12-22,13-23)10-15-6-3-2-4-7-15/h2-4,6-7,11,23H,5,8-10,12-13H2,1H3,(H,20,21,24). The molecule has 0 radical (unpaired) electrons. The fourth-order valence-corrected chi connectivity index (χ4v) is 4.21. The molecule has 1 atom stereocenters. The Morgan fingerprint density at radius 3 is 2.81 bits per heavy atom. The van der Waals surface area contributed by atoms with Crippen LogP contribution in [0.5, 0.6) is 0 Å². The lowest BCUT2D eigenvalue weighted by Gasteiger charge is -2.41. The van der Waals surface area contributed by atoms with E-state index in [4.69, 9.17) is 0 Å². The second-order valence-electron chi connectivity index (χ2n) is 6.87. The van der Waals surface area contributed by atoms with Crippen LogP contribution in [0.3, 0.4) is 0 Å². The average Bonchev–Trinajstić information content (AvgIpc) is 3.10. The van der Waals surface area contributed by atoms with Crippen LogP contribution in [-0.2, 0) is 11.2 Å². The van der Waals surface area contributed by atoms with Crippen molar-refractivity contribution in [2.24, 2.45) is 5.41 Å². The number of thiazole rings is 1. The van der Waals surface area contributed by atoms with Crippen LogP contribution in [0.15, 0.2) is 35.7 Å². The lowest BCUT2D eigenvalue weighted by Crippen LogP contribution is -2.49. The third-order valence-electron chi connectivity index (χ3n) is 4.71. The first-order chi connectivity index (χ1) is 12.5. The molecule has 1 saturated heterocycles. The molecule has 1 fully saturated rings. The van der Waals surface area contributed by atoms with Crippen LogP contribution < -0.4 is 5.32 Å². The molecule has 2 heterocycles. The Morgan fingerprint density at radius 1 is 1.35 bits per heavy atom. The van der Waals surface area contributed by atoms with Gasteiger partial charge in [-0.25, -0.2) is 4.98 Å². The maximum Gasteiger partial charge on any atom is 0.273 e. The molecule has 0 saturated carbocycles. The zero-order valence-electron chi connectivity index (χ0n) is 14.8. The van der Waals surface area contributed by atoms with E-state index < -0.39 is 0 Å². The molecule has 7 heteroatoms. The molecular weight excluding hydrogens is 350 g/mol. The minimum absolute atomic E-state index is 0.0415. The number of aliphatic hydroxyl groups is 1. The van der Waals surface area contributed by atoms with Gasteiger partial charge in [0.1, 0.15) is 5.69 Å². The molecule has 138 valence electrons. The molecule has 2 N–H and O–H groups in total. The van der Waals surface area contributed by atoms with Crippen molar-refractivity contribution in [2.45, 2.75) is 26.2 Å². The molecule has 6 nitrogen and oxygen atoms in total. The van der Waals surface area contributed by atoms with E-state index in [1.54, 1.807) is 10.3 Å². The molecule has 1 aliphatic heterocycles. The number of carbonyl (C=O) groups is 2. The van der Waals surface area contributed by atoms with Crippen LogP contribution >= 0.6 is 11.3 Å². The van der Waals surface area contributed by atoms with E-state index in [2.05, 4.69) is 22.4 Å². The normalized spacial score (nSPS) is 20.0. The second kappa shape index (κ2) is 7.97. The molecule has 1 unspecified atom stereocenters. The number of likely N-dealkylation sites (tertiary alicyclic amines) is 1. The van der Waals surface area contributed by atoms with E-state index in [1.807, 2.05) is 18.2 Å². The number of nitrogens with one attached hydrogen (secondary N) is 1. The summed E-state index contributed by atoms with van der Waals surface area (Å²) in [5.41, 5.74) is 1.18. The Morgan fingerprint density at radius 2 is 2.12 bits per heavy atom. The summed E-state index contributed by atoms with van der Waals surface area (Å²) in [5, 5.41) is 14.8. The lowest BCUT2D eigenvalue weighted by atomic mass is 9.75. The second-order valence-corrected chi connectivity index (χ2v) is 7.73. The first-order valence-electron chi connectivity index (χ1n) is 8.68. The number of hydrogen-bond donors (Lipinski definition) is 2. The van der Waals surface area contributed by atoms with Crippen molar-refractivity contribution >= 4 is 28.3 Å². The van der Waals surface area contributed by atoms with Crippen molar-refractivity contribution in [2.75, 3.05) is 25.0 Å². The van der Waals surface area contributed by atoms with Gasteiger partial charge in [0.2, 0.25) is 5.91 Å². The van der Waals surface area contributed by atoms with Crippen molar-refractivity contribution in [3.05, 3.63) is 47.0 Å². The predicted molar refractivity (Wildman–Crippen MR) is 101 cm³/mol. The van der Waals surface area contributed by atoms with Crippen molar-refractivity contribution in [1.29, 1.82) is 0 Å². The molecule has 1 aromatic heterocycles. The van der Waals surface area contributed by atoms with E-state index in [-0.39, 0.29) is 23.8 Å².